The van der Waals surface area contributed by atoms with Crippen LogP contribution in [0, 0.1) is 5.82 Å². The summed E-state index contributed by atoms with van der Waals surface area (Å²) in [4.78, 5) is 10.8. The quantitative estimate of drug-likeness (QED) is 0.882. The molecule has 0 aliphatic carbocycles. The Morgan fingerprint density at radius 3 is 2.63 bits per heavy atom. The van der Waals surface area contributed by atoms with Gasteiger partial charge in [-0.3, -0.25) is 4.68 Å². The number of phenolic OH excluding ortho intramolecular Hbond substituents is 1. The second-order valence-electron chi connectivity index (χ2n) is 3.85. The predicted octanol–water partition coefficient (Wildman–Crippen LogP) is 1.64. The average Bonchev–Trinajstić information content (AvgIpc) is 2.72. The van der Waals surface area contributed by atoms with Crippen LogP contribution < -0.4 is 4.74 Å². The summed E-state index contributed by atoms with van der Waals surface area (Å²) in [6, 6.07) is 3.44. The largest absolute Gasteiger partial charge is 0.504 e. The number of hydrogen-bond acceptors (Lipinski definition) is 4. The van der Waals surface area contributed by atoms with Crippen molar-refractivity contribution in [2.24, 2.45) is 7.05 Å². The molecule has 100 valence electrons. The second-order valence-corrected chi connectivity index (χ2v) is 3.85. The van der Waals surface area contributed by atoms with E-state index in [4.69, 9.17) is 9.84 Å². The van der Waals surface area contributed by atoms with Gasteiger partial charge < -0.3 is 14.9 Å². The van der Waals surface area contributed by atoms with Crippen molar-refractivity contribution in [2.75, 3.05) is 7.11 Å². The highest BCUT2D eigenvalue weighted by Crippen LogP contribution is 2.34. The molecular formula is C12H11FN2O4. The van der Waals surface area contributed by atoms with Gasteiger partial charge in [-0.25, -0.2) is 9.18 Å². The van der Waals surface area contributed by atoms with Crippen LogP contribution in [0.2, 0.25) is 0 Å². The van der Waals surface area contributed by atoms with Crippen molar-refractivity contribution in [3.8, 4) is 22.8 Å². The van der Waals surface area contributed by atoms with E-state index in [1.54, 1.807) is 0 Å². The van der Waals surface area contributed by atoms with Gasteiger partial charge in [-0.05, 0) is 12.1 Å². The maximum absolute atomic E-state index is 13.8. The number of nitrogens with zero attached hydrogens (tertiary/aromatic N) is 2. The molecule has 0 amide bonds. The van der Waals surface area contributed by atoms with Crippen molar-refractivity contribution in [2.45, 2.75) is 0 Å². The minimum Gasteiger partial charge on any atom is -0.504 e. The Balaban J connectivity index is 2.61. The Morgan fingerprint density at radius 2 is 2.11 bits per heavy atom. The number of carbonyl (C=O) groups is 1. The molecule has 0 spiro atoms. The van der Waals surface area contributed by atoms with Crippen LogP contribution >= 0.6 is 0 Å². The molecule has 0 atom stereocenters. The number of carboxylic acids is 1. The molecule has 0 saturated heterocycles. The normalized spacial score (nSPS) is 10.5. The lowest BCUT2D eigenvalue weighted by Gasteiger charge is -2.08. The number of methoxy groups -OCH3 is 1. The fourth-order valence-corrected chi connectivity index (χ4v) is 1.73. The molecule has 0 unspecified atom stereocenters. The molecule has 2 N–H and O–H groups in total. The van der Waals surface area contributed by atoms with Crippen molar-refractivity contribution >= 4 is 5.97 Å². The highest BCUT2D eigenvalue weighted by atomic mass is 19.1. The number of halogens is 1. The van der Waals surface area contributed by atoms with Crippen LogP contribution in [0.3, 0.4) is 0 Å². The molecule has 0 saturated carbocycles. The Bertz CT molecular complexity index is 651. The molecule has 0 aliphatic rings. The monoisotopic (exact) mass is 266 g/mol. The predicted molar refractivity (Wildman–Crippen MR) is 63.8 cm³/mol. The number of ether oxygens (including phenoxy) is 1. The number of aromatic hydroxyl groups is 1. The summed E-state index contributed by atoms with van der Waals surface area (Å²) < 4.78 is 20.0. The van der Waals surface area contributed by atoms with Crippen LogP contribution in [0.5, 0.6) is 11.5 Å². The van der Waals surface area contributed by atoms with Gasteiger partial charge in [0.2, 0.25) is 0 Å². The molecule has 2 aromatic rings. The summed E-state index contributed by atoms with van der Waals surface area (Å²) >= 11 is 0. The molecule has 0 bridgehead atoms. The van der Waals surface area contributed by atoms with Crippen molar-refractivity contribution in [3.05, 3.63) is 29.7 Å². The third kappa shape index (κ3) is 2.22. The number of rotatable bonds is 3. The van der Waals surface area contributed by atoms with E-state index in [0.29, 0.717) is 0 Å². The van der Waals surface area contributed by atoms with Crippen LogP contribution in [0.25, 0.3) is 11.3 Å². The maximum Gasteiger partial charge on any atom is 0.356 e. The van der Waals surface area contributed by atoms with E-state index < -0.39 is 11.8 Å². The summed E-state index contributed by atoms with van der Waals surface area (Å²) in [5, 5.41) is 22.0. The number of aromatic carboxylic acids is 1. The van der Waals surface area contributed by atoms with E-state index in [1.807, 2.05) is 0 Å². The van der Waals surface area contributed by atoms with Gasteiger partial charge in [-0.2, -0.15) is 5.10 Å². The lowest BCUT2D eigenvalue weighted by Crippen LogP contribution is -1.99. The first-order valence-electron chi connectivity index (χ1n) is 5.28. The fraction of sp³-hybridized carbons (Fsp3) is 0.167. The Morgan fingerprint density at radius 1 is 1.42 bits per heavy atom. The zero-order valence-corrected chi connectivity index (χ0v) is 10.2. The van der Waals surface area contributed by atoms with Gasteiger partial charge in [-0.15, -0.1) is 0 Å². The summed E-state index contributed by atoms with van der Waals surface area (Å²) in [5.41, 5.74) is 0.175. The molecule has 7 heteroatoms. The van der Waals surface area contributed by atoms with Crippen molar-refractivity contribution < 1.29 is 24.1 Å². The fourth-order valence-electron chi connectivity index (χ4n) is 1.73. The molecule has 1 heterocycles. The minimum absolute atomic E-state index is 0.0921. The van der Waals surface area contributed by atoms with E-state index in [1.165, 1.54) is 31.0 Å². The first kappa shape index (κ1) is 12.9. The lowest BCUT2D eigenvalue weighted by atomic mass is 10.1. The van der Waals surface area contributed by atoms with Gasteiger partial charge in [0.1, 0.15) is 5.82 Å². The smallest absolute Gasteiger partial charge is 0.356 e. The molecule has 1 aromatic heterocycles. The number of carboxylic acid groups (broad SMARTS) is 1. The number of aromatic nitrogens is 2. The summed E-state index contributed by atoms with van der Waals surface area (Å²) in [7, 11) is 2.84. The van der Waals surface area contributed by atoms with Gasteiger partial charge in [0, 0.05) is 18.7 Å². The summed E-state index contributed by atoms with van der Waals surface area (Å²) in [6.07, 6.45) is 0. The third-order valence-electron chi connectivity index (χ3n) is 2.64. The van der Waals surface area contributed by atoms with E-state index in [9.17, 15) is 14.3 Å². The second kappa shape index (κ2) is 4.60. The third-order valence-corrected chi connectivity index (χ3v) is 2.64. The van der Waals surface area contributed by atoms with E-state index in [-0.39, 0.29) is 28.5 Å². The zero-order valence-electron chi connectivity index (χ0n) is 10.2. The molecular weight excluding hydrogens is 255 g/mol. The number of aryl methyl sites for hydroxylation is 1. The summed E-state index contributed by atoms with van der Waals surface area (Å²) in [6.45, 7) is 0. The van der Waals surface area contributed by atoms with Gasteiger partial charge in [0.05, 0.1) is 12.8 Å². The van der Waals surface area contributed by atoms with E-state index in [0.717, 1.165) is 6.07 Å². The Kier molecular flexibility index (Phi) is 3.12. The summed E-state index contributed by atoms with van der Waals surface area (Å²) in [5.74, 6) is -2.13. The van der Waals surface area contributed by atoms with Crippen molar-refractivity contribution in [1.29, 1.82) is 0 Å². The van der Waals surface area contributed by atoms with Crippen molar-refractivity contribution in [1.82, 2.24) is 9.78 Å². The Labute approximate surface area is 107 Å². The van der Waals surface area contributed by atoms with Crippen LogP contribution in [0.1, 0.15) is 10.5 Å². The molecule has 0 aliphatic heterocycles. The van der Waals surface area contributed by atoms with Gasteiger partial charge >= 0.3 is 5.97 Å². The van der Waals surface area contributed by atoms with Gasteiger partial charge in [0.25, 0.3) is 0 Å². The number of phenols is 1. The Hall–Kier alpha value is -2.57. The molecule has 6 nitrogen and oxygen atoms in total. The molecule has 2 rings (SSSR count). The first-order valence-corrected chi connectivity index (χ1v) is 5.28. The minimum atomic E-state index is -1.20. The first-order chi connectivity index (χ1) is 8.93. The topological polar surface area (TPSA) is 84.6 Å². The maximum atomic E-state index is 13.8. The van der Waals surface area contributed by atoms with E-state index in [2.05, 4.69) is 5.10 Å². The van der Waals surface area contributed by atoms with Crippen LogP contribution in [-0.2, 0) is 7.05 Å². The number of benzene rings is 1. The van der Waals surface area contributed by atoms with Gasteiger partial charge in [0.15, 0.2) is 17.2 Å². The standard InChI is InChI=1S/C12H11FN2O4/c1-15-9(5-8(14-15)12(17)18)6-3-11(19-2)10(16)4-7(6)13/h3-5,16H,1-2H3,(H,17,18). The van der Waals surface area contributed by atoms with E-state index >= 15 is 0 Å². The van der Waals surface area contributed by atoms with Crippen molar-refractivity contribution in [3.63, 3.8) is 0 Å². The lowest BCUT2D eigenvalue weighted by molar-refractivity contribution is 0.0689. The molecule has 1 aromatic carbocycles. The SMILES string of the molecule is COc1cc(-c2cc(C(=O)O)nn2C)c(F)cc1O. The van der Waals surface area contributed by atoms with Crippen LogP contribution in [0.15, 0.2) is 18.2 Å². The highest BCUT2D eigenvalue weighted by molar-refractivity contribution is 5.87. The highest BCUT2D eigenvalue weighted by Gasteiger charge is 2.17. The van der Waals surface area contributed by atoms with Gasteiger partial charge in [-0.1, -0.05) is 0 Å². The number of hydrogen-bond donors (Lipinski definition) is 2. The molecule has 19 heavy (non-hydrogen) atoms. The van der Waals surface area contributed by atoms with Crippen LogP contribution in [-0.4, -0.2) is 33.1 Å². The zero-order chi connectivity index (χ0) is 14.2. The average molecular weight is 266 g/mol. The molecule has 0 radical (unpaired) electrons. The molecule has 0 fully saturated rings. The van der Waals surface area contributed by atoms with Crippen LogP contribution in [0.4, 0.5) is 4.39 Å².